The first kappa shape index (κ1) is 9.02. The van der Waals surface area contributed by atoms with Gasteiger partial charge in [-0.2, -0.15) is 0 Å². The number of halogens is 5. The quantitative estimate of drug-likeness (QED) is 0.363. The van der Waals surface area contributed by atoms with Crippen LogP contribution < -0.4 is 0 Å². The predicted molar refractivity (Wildman–Crippen MR) is 41.1 cm³/mol. The maximum atomic E-state index is 12.5. The van der Waals surface area contributed by atoms with Crippen molar-refractivity contribution in [3.05, 3.63) is 23.6 Å². The predicted octanol–water partition coefficient (Wildman–Crippen LogP) is 3.15. The average molecular weight is 278 g/mol. The molecule has 0 aromatic carbocycles. The van der Waals surface area contributed by atoms with E-state index in [2.05, 4.69) is 0 Å². The van der Waals surface area contributed by atoms with Crippen molar-refractivity contribution in [2.24, 2.45) is 0 Å². The summed E-state index contributed by atoms with van der Waals surface area (Å²) in [7, 11) is 0. The van der Waals surface area contributed by atoms with Crippen molar-refractivity contribution in [3.8, 4) is 0 Å². The van der Waals surface area contributed by atoms with Gasteiger partial charge in [-0.1, -0.05) is 22.6 Å². The Hall–Kier alpha value is -0.0700. The fraction of sp³-hybridized carbons (Fsp3) is 0.333. The van der Waals surface area contributed by atoms with Crippen LogP contribution in [0.15, 0.2) is 23.6 Å². The highest BCUT2D eigenvalue weighted by atomic mass is 127. The SMILES string of the molecule is FC1=CC(F)=C(F)C(I)C1F. The van der Waals surface area contributed by atoms with Crippen molar-refractivity contribution in [2.45, 2.75) is 10.1 Å². The van der Waals surface area contributed by atoms with Gasteiger partial charge in [-0.05, 0) is 0 Å². The van der Waals surface area contributed by atoms with Crippen molar-refractivity contribution in [3.63, 3.8) is 0 Å². The van der Waals surface area contributed by atoms with Gasteiger partial charge in [0, 0.05) is 6.08 Å². The Balaban J connectivity index is 3.01. The highest BCUT2D eigenvalue weighted by Gasteiger charge is 2.33. The minimum absolute atomic E-state index is 0.231. The Morgan fingerprint density at radius 1 is 1.27 bits per heavy atom. The van der Waals surface area contributed by atoms with Gasteiger partial charge in [0.1, 0.15) is 9.75 Å². The molecule has 1 aliphatic rings. The Morgan fingerprint density at radius 2 is 1.82 bits per heavy atom. The monoisotopic (exact) mass is 278 g/mol. The lowest BCUT2D eigenvalue weighted by atomic mass is 10.1. The molecule has 1 rings (SSSR count). The zero-order chi connectivity index (χ0) is 8.59. The van der Waals surface area contributed by atoms with Crippen molar-refractivity contribution < 1.29 is 17.6 Å². The number of hydrogen-bond donors (Lipinski definition) is 0. The van der Waals surface area contributed by atoms with Crippen LogP contribution in [0.4, 0.5) is 17.6 Å². The Morgan fingerprint density at radius 3 is 2.36 bits per heavy atom. The van der Waals surface area contributed by atoms with E-state index in [1.807, 2.05) is 0 Å². The minimum atomic E-state index is -2.06. The molecule has 62 valence electrons. The van der Waals surface area contributed by atoms with Gasteiger partial charge in [-0.25, -0.2) is 17.6 Å². The van der Waals surface area contributed by atoms with E-state index in [1.54, 1.807) is 0 Å². The Labute approximate surface area is 74.1 Å². The van der Waals surface area contributed by atoms with Gasteiger partial charge >= 0.3 is 0 Å². The number of rotatable bonds is 0. The molecule has 0 aromatic heterocycles. The van der Waals surface area contributed by atoms with Crippen molar-refractivity contribution in [1.29, 1.82) is 0 Å². The Kier molecular flexibility index (Phi) is 2.56. The van der Waals surface area contributed by atoms with E-state index in [0.29, 0.717) is 0 Å². The van der Waals surface area contributed by atoms with Crippen LogP contribution in [-0.4, -0.2) is 10.1 Å². The lowest BCUT2D eigenvalue weighted by Crippen LogP contribution is -2.20. The van der Waals surface area contributed by atoms with Gasteiger partial charge in [0.05, 0.1) is 0 Å². The number of hydrogen-bond acceptors (Lipinski definition) is 0. The van der Waals surface area contributed by atoms with Crippen LogP contribution in [0.5, 0.6) is 0 Å². The zero-order valence-electron chi connectivity index (χ0n) is 5.12. The first-order valence-electron chi connectivity index (χ1n) is 2.74. The summed E-state index contributed by atoms with van der Waals surface area (Å²) >= 11 is 1.31. The Bertz CT molecular complexity index is 233. The molecule has 0 saturated heterocycles. The molecule has 2 atom stereocenters. The van der Waals surface area contributed by atoms with E-state index >= 15 is 0 Å². The number of alkyl halides is 2. The van der Waals surface area contributed by atoms with Crippen molar-refractivity contribution >= 4 is 22.6 Å². The molecule has 2 unspecified atom stereocenters. The highest BCUT2D eigenvalue weighted by Crippen LogP contribution is 2.34. The molecule has 0 spiro atoms. The van der Waals surface area contributed by atoms with Gasteiger partial charge in [0.2, 0.25) is 0 Å². The third-order valence-corrected chi connectivity index (χ3v) is 2.43. The molecule has 0 heterocycles. The molecule has 0 saturated carbocycles. The summed E-state index contributed by atoms with van der Waals surface area (Å²) in [4.78, 5) is 0. The van der Waals surface area contributed by atoms with E-state index < -0.39 is 27.6 Å². The molecule has 0 N–H and O–H groups in total. The largest absolute Gasteiger partial charge is 0.238 e. The van der Waals surface area contributed by atoms with Crippen LogP contribution in [0.3, 0.4) is 0 Å². The van der Waals surface area contributed by atoms with E-state index in [1.165, 1.54) is 22.6 Å². The first-order chi connectivity index (χ1) is 5.04. The molecule has 0 radical (unpaired) electrons. The average Bonchev–Trinajstić information content (AvgIpc) is 1.97. The fourth-order valence-electron chi connectivity index (χ4n) is 0.670. The van der Waals surface area contributed by atoms with Crippen LogP contribution in [0.2, 0.25) is 0 Å². The maximum absolute atomic E-state index is 12.5. The standard InChI is InChI=1S/C6H3F4I/c7-2-1-3(8)5(10)6(11)4(2)9/h1,4,6H. The molecule has 1 aliphatic carbocycles. The third-order valence-electron chi connectivity index (χ3n) is 1.26. The molecule has 0 nitrogen and oxygen atoms in total. The highest BCUT2D eigenvalue weighted by molar-refractivity contribution is 14.1. The summed E-state index contributed by atoms with van der Waals surface area (Å²) in [5.74, 6) is -3.82. The summed E-state index contributed by atoms with van der Waals surface area (Å²) < 4.78 is 48.1. The zero-order valence-corrected chi connectivity index (χ0v) is 7.28. The lowest BCUT2D eigenvalue weighted by Gasteiger charge is -2.15. The van der Waals surface area contributed by atoms with Crippen molar-refractivity contribution in [1.82, 2.24) is 0 Å². The molecule has 5 heteroatoms. The molecular formula is C6H3F4I. The van der Waals surface area contributed by atoms with Crippen molar-refractivity contribution in [2.75, 3.05) is 0 Å². The summed E-state index contributed by atoms with van der Waals surface area (Å²) in [5, 5.41) is 0. The van der Waals surface area contributed by atoms with Gasteiger partial charge in [-0.3, -0.25) is 0 Å². The minimum Gasteiger partial charge on any atom is -0.238 e. The second-order valence-corrected chi connectivity index (χ2v) is 3.37. The third kappa shape index (κ3) is 1.57. The van der Waals surface area contributed by atoms with Crippen LogP contribution in [0.25, 0.3) is 0 Å². The van der Waals surface area contributed by atoms with E-state index in [0.717, 1.165) is 0 Å². The number of allylic oxidation sites excluding steroid dienone is 4. The molecule has 0 bridgehead atoms. The molecule has 0 aliphatic heterocycles. The second kappa shape index (κ2) is 3.12. The van der Waals surface area contributed by atoms with Crippen LogP contribution in [0.1, 0.15) is 0 Å². The summed E-state index contributed by atoms with van der Waals surface area (Å²) in [5.41, 5.74) is 0. The summed E-state index contributed by atoms with van der Waals surface area (Å²) in [6, 6.07) is 0. The molecule has 0 amide bonds. The normalized spacial score (nSPS) is 32.3. The fourth-order valence-corrected chi connectivity index (χ4v) is 1.31. The summed E-state index contributed by atoms with van der Waals surface area (Å²) in [6.45, 7) is 0. The van der Waals surface area contributed by atoms with Gasteiger partial charge in [-0.15, -0.1) is 0 Å². The molecule has 0 fully saturated rings. The maximum Gasteiger partial charge on any atom is 0.170 e. The van der Waals surface area contributed by atoms with Gasteiger partial charge in [0.15, 0.2) is 17.8 Å². The lowest BCUT2D eigenvalue weighted by molar-refractivity contribution is 0.307. The van der Waals surface area contributed by atoms with E-state index in [-0.39, 0.29) is 6.08 Å². The molecular weight excluding hydrogens is 275 g/mol. The smallest absolute Gasteiger partial charge is 0.170 e. The van der Waals surface area contributed by atoms with E-state index in [9.17, 15) is 17.6 Å². The summed E-state index contributed by atoms with van der Waals surface area (Å²) in [6.07, 6.45) is -1.83. The van der Waals surface area contributed by atoms with Crippen LogP contribution >= 0.6 is 22.6 Å². The van der Waals surface area contributed by atoms with Crippen LogP contribution in [-0.2, 0) is 0 Å². The first-order valence-corrected chi connectivity index (χ1v) is 3.99. The van der Waals surface area contributed by atoms with E-state index in [4.69, 9.17) is 0 Å². The topological polar surface area (TPSA) is 0 Å². The van der Waals surface area contributed by atoms with Crippen LogP contribution in [0, 0.1) is 0 Å². The second-order valence-electron chi connectivity index (χ2n) is 2.03. The van der Waals surface area contributed by atoms with Gasteiger partial charge in [0.25, 0.3) is 0 Å². The molecule has 11 heavy (non-hydrogen) atoms. The van der Waals surface area contributed by atoms with Gasteiger partial charge < -0.3 is 0 Å². The molecule has 0 aromatic rings.